The predicted octanol–water partition coefficient (Wildman–Crippen LogP) is 9.17. The summed E-state index contributed by atoms with van der Waals surface area (Å²) < 4.78 is 74.3. The van der Waals surface area contributed by atoms with Crippen molar-refractivity contribution in [2.75, 3.05) is 10.0 Å². The van der Waals surface area contributed by atoms with Gasteiger partial charge in [0.25, 0.3) is 15.9 Å². The van der Waals surface area contributed by atoms with Gasteiger partial charge in [0.15, 0.2) is 0 Å². The van der Waals surface area contributed by atoms with E-state index in [1.165, 1.54) is 18.2 Å². The number of nitrogens with one attached hydrogen (secondary N) is 2. The van der Waals surface area contributed by atoms with Crippen molar-refractivity contribution in [1.82, 2.24) is 0 Å². The van der Waals surface area contributed by atoms with Gasteiger partial charge in [0.2, 0.25) is 0 Å². The molecule has 1 aliphatic rings. The minimum absolute atomic E-state index is 0.0255. The van der Waals surface area contributed by atoms with Crippen molar-refractivity contribution in [3.63, 3.8) is 0 Å². The zero-order valence-electron chi connectivity index (χ0n) is 27.0. The van der Waals surface area contributed by atoms with Crippen LogP contribution >= 0.6 is 0 Å². The fourth-order valence-corrected chi connectivity index (χ4v) is 6.40. The summed E-state index contributed by atoms with van der Waals surface area (Å²) in [6, 6.07) is 21.8. The third-order valence-corrected chi connectivity index (χ3v) is 9.19. The van der Waals surface area contributed by atoms with Gasteiger partial charge in [-0.15, -0.1) is 0 Å². The monoisotopic (exact) mass is 662 g/mol. The van der Waals surface area contributed by atoms with Gasteiger partial charge < -0.3 is 10.1 Å². The zero-order valence-corrected chi connectivity index (χ0v) is 27.9. The standard InChI is InChI=1S/C37H37F3N2O4S/c1-35(2,3)30-19-24(20-31(36(4,5)6)33(30)46-22-23-10-8-7-9-11-23)18-29-28-21-27(16-17-32(28)41-34(29)43)47(44,45)42-26-14-12-25(13-15-26)37(38,39)40/h7-21,42H,22H2,1-6H3,(H,41,43). The first-order valence-corrected chi connectivity index (χ1v) is 16.5. The van der Waals surface area contributed by atoms with Crippen LogP contribution in [0.4, 0.5) is 24.5 Å². The molecule has 4 aromatic carbocycles. The molecule has 2 N–H and O–H groups in total. The SMILES string of the molecule is CC(C)(C)c1cc(C=C2C(=O)Nc3ccc(S(=O)(=O)Nc4ccc(C(F)(F)F)cc4)cc32)cc(C(C)(C)C)c1OCc1ccccc1. The lowest BCUT2D eigenvalue weighted by atomic mass is 9.78. The lowest BCUT2D eigenvalue weighted by Crippen LogP contribution is -2.20. The van der Waals surface area contributed by atoms with Gasteiger partial charge in [-0.3, -0.25) is 9.52 Å². The molecule has 0 bridgehead atoms. The summed E-state index contributed by atoms with van der Waals surface area (Å²) in [5.41, 5.74) is 3.28. The number of sulfonamides is 1. The lowest BCUT2D eigenvalue weighted by molar-refractivity contribution is -0.137. The van der Waals surface area contributed by atoms with E-state index in [0.717, 1.165) is 52.3 Å². The molecule has 0 unspecified atom stereocenters. The largest absolute Gasteiger partial charge is 0.488 e. The van der Waals surface area contributed by atoms with Gasteiger partial charge in [-0.05, 0) is 82.6 Å². The molecule has 1 heterocycles. The number of carbonyl (C=O) groups excluding carboxylic acids is 1. The van der Waals surface area contributed by atoms with Gasteiger partial charge in [0, 0.05) is 33.6 Å². The quantitative estimate of drug-likeness (QED) is 0.193. The van der Waals surface area contributed by atoms with Crippen LogP contribution in [0.25, 0.3) is 11.6 Å². The number of carbonyl (C=O) groups is 1. The average Bonchev–Trinajstić information content (AvgIpc) is 3.29. The number of rotatable bonds is 7. The maximum atomic E-state index is 13.3. The van der Waals surface area contributed by atoms with Crippen molar-refractivity contribution in [2.45, 2.75) is 70.1 Å². The molecule has 0 fully saturated rings. The fraction of sp³-hybridized carbons (Fsp3) is 0.270. The topological polar surface area (TPSA) is 84.5 Å². The van der Waals surface area contributed by atoms with Crippen LogP contribution in [-0.2, 0) is 38.4 Å². The van der Waals surface area contributed by atoms with E-state index in [0.29, 0.717) is 17.9 Å². The first kappa shape index (κ1) is 33.8. The highest BCUT2D eigenvalue weighted by atomic mass is 32.2. The summed E-state index contributed by atoms with van der Waals surface area (Å²) in [6.45, 7) is 13.0. The van der Waals surface area contributed by atoms with Gasteiger partial charge in [0.05, 0.1) is 10.5 Å². The minimum atomic E-state index is -4.55. The Bertz CT molecular complexity index is 1920. The van der Waals surface area contributed by atoms with E-state index in [-0.39, 0.29) is 32.9 Å². The first-order valence-electron chi connectivity index (χ1n) is 15.1. The highest BCUT2D eigenvalue weighted by Gasteiger charge is 2.32. The van der Waals surface area contributed by atoms with Crippen molar-refractivity contribution in [3.05, 3.63) is 118 Å². The molecule has 0 radical (unpaired) electrons. The molecule has 47 heavy (non-hydrogen) atoms. The summed E-state index contributed by atoms with van der Waals surface area (Å²) in [7, 11) is -4.20. The van der Waals surface area contributed by atoms with Crippen LogP contribution in [0.2, 0.25) is 0 Å². The maximum Gasteiger partial charge on any atom is 0.416 e. The van der Waals surface area contributed by atoms with Gasteiger partial charge in [-0.2, -0.15) is 13.2 Å². The molecule has 0 aliphatic carbocycles. The second-order valence-corrected chi connectivity index (χ2v) is 15.3. The Labute approximate surface area is 273 Å². The van der Waals surface area contributed by atoms with Crippen LogP contribution in [0.15, 0.2) is 89.8 Å². The number of halogens is 3. The molecule has 5 rings (SSSR count). The molecular formula is C37H37F3N2O4S. The Hall–Kier alpha value is -4.57. The van der Waals surface area contributed by atoms with Gasteiger partial charge in [-0.1, -0.05) is 71.9 Å². The number of hydrogen-bond acceptors (Lipinski definition) is 4. The molecule has 0 spiro atoms. The van der Waals surface area contributed by atoms with Crippen LogP contribution in [0, 0.1) is 0 Å². The van der Waals surface area contributed by atoms with Crippen molar-refractivity contribution < 1.29 is 31.1 Å². The summed E-state index contributed by atoms with van der Waals surface area (Å²) in [5, 5.41) is 2.80. The van der Waals surface area contributed by atoms with E-state index >= 15 is 0 Å². The molecular weight excluding hydrogens is 625 g/mol. The molecule has 246 valence electrons. The summed E-state index contributed by atoms with van der Waals surface area (Å²) >= 11 is 0. The average molecular weight is 663 g/mol. The molecule has 6 nitrogen and oxygen atoms in total. The Morgan fingerprint density at radius 3 is 1.96 bits per heavy atom. The van der Waals surface area contributed by atoms with Crippen LogP contribution in [0.5, 0.6) is 5.75 Å². The highest BCUT2D eigenvalue weighted by Crippen LogP contribution is 2.43. The van der Waals surface area contributed by atoms with E-state index in [2.05, 4.69) is 51.6 Å². The van der Waals surface area contributed by atoms with Crippen LogP contribution in [0.3, 0.4) is 0 Å². The number of fused-ring (bicyclic) bond motifs is 1. The van der Waals surface area contributed by atoms with Crippen LogP contribution < -0.4 is 14.8 Å². The summed E-state index contributed by atoms with van der Waals surface area (Å²) in [4.78, 5) is 13.1. The Kier molecular flexibility index (Phi) is 8.79. The predicted molar refractivity (Wildman–Crippen MR) is 180 cm³/mol. The highest BCUT2D eigenvalue weighted by molar-refractivity contribution is 7.92. The van der Waals surface area contributed by atoms with E-state index in [4.69, 9.17) is 4.74 Å². The van der Waals surface area contributed by atoms with Gasteiger partial charge in [-0.25, -0.2) is 8.42 Å². The molecule has 0 saturated heterocycles. The van der Waals surface area contributed by atoms with Crippen molar-refractivity contribution in [2.24, 2.45) is 0 Å². The number of amides is 1. The zero-order chi connectivity index (χ0) is 34.4. The Morgan fingerprint density at radius 1 is 0.809 bits per heavy atom. The molecule has 10 heteroatoms. The van der Waals surface area contributed by atoms with E-state index in [9.17, 15) is 26.4 Å². The second-order valence-electron chi connectivity index (χ2n) is 13.6. The third kappa shape index (κ3) is 7.54. The van der Waals surface area contributed by atoms with E-state index in [1.807, 2.05) is 42.5 Å². The van der Waals surface area contributed by atoms with Crippen molar-refractivity contribution >= 4 is 39.0 Å². The number of hydrogen-bond donors (Lipinski definition) is 2. The number of benzene rings is 4. The molecule has 0 aromatic heterocycles. The maximum absolute atomic E-state index is 13.3. The molecule has 4 aromatic rings. The van der Waals surface area contributed by atoms with E-state index < -0.39 is 21.8 Å². The second kappa shape index (κ2) is 12.2. The van der Waals surface area contributed by atoms with E-state index in [1.54, 1.807) is 6.08 Å². The number of anilines is 2. The third-order valence-electron chi connectivity index (χ3n) is 7.81. The van der Waals surface area contributed by atoms with Crippen LogP contribution in [-0.4, -0.2) is 14.3 Å². The molecule has 1 aliphatic heterocycles. The van der Waals surface area contributed by atoms with Gasteiger partial charge in [0.1, 0.15) is 12.4 Å². The Balaban J connectivity index is 1.54. The Morgan fingerprint density at radius 2 is 1.40 bits per heavy atom. The first-order chi connectivity index (χ1) is 21.8. The van der Waals surface area contributed by atoms with Crippen molar-refractivity contribution in [3.8, 4) is 5.75 Å². The molecule has 0 saturated carbocycles. The smallest absolute Gasteiger partial charge is 0.416 e. The van der Waals surface area contributed by atoms with Crippen molar-refractivity contribution in [1.29, 1.82) is 0 Å². The number of alkyl halides is 3. The van der Waals surface area contributed by atoms with Gasteiger partial charge >= 0.3 is 6.18 Å². The lowest BCUT2D eigenvalue weighted by Gasteiger charge is -2.30. The normalized spacial score (nSPS) is 14.6. The summed E-state index contributed by atoms with van der Waals surface area (Å²) in [5.74, 6) is 0.402. The number of ether oxygens (including phenoxy) is 1. The van der Waals surface area contributed by atoms with Crippen LogP contribution in [0.1, 0.15) is 74.9 Å². The minimum Gasteiger partial charge on any atom is -0.488 e. The molecule has 0 atom stereocenters. The summed E-state index contributed by atoms with van der Waals surface area (Å²) in [6.07, 6.45) is -2.80. The fourth-order valence-electron chi connectivity index (χ4n) is 5.32. The molecule has 1 amide bonds.